The molecule has 2 saturated heterocycles. The van der Waals surface area contributed by atoms with Crippen molar-refractivity contribution in [1.29, 1.82) is 0 Å². The molecule has 148 valence electrons. The second-order valence-corrected chi connectivity index (χ2v) is 7.86. The normalized spacial score (nSPS) is 20.6. The van der Waals surface area contributed by atoms with Crippen LogP contribution in [-0.2, 0) is 16.0 Å². The number of morpholine rings is 1. The predicted octanol–water partition coefficient (Wildman–Crippen LogP) is 2.29. The molecule has 1 aromatic carbocycles. The van der Waals surface area contributed by atoms with E-state index in [9.17, 15) is 9.59 Å². The van der Waals surface area contributed by atoms with Crippen LogP contribution < -0.4 is 5.32 Å². The van der Waals surface area contributed by atoms with Gasteiger partial charge in [-0.25, -0.2) is 4.79 Å². The molecular formula is C21H31N3O3. The third-order valence-corrected chi connectivity index (χ3v) is 5.90. The van der Waals surface area contributed by atoms with E-state index in [4.69, 9.17) is 4.74 Å². The zero-order valence-corrected chi connectivity index (χ0v) is 16.4. The summed E-state index contributed by atoms with van der Waals surface area (Å²) in [5.74, 6) is 0.471. The van der Waals surface area contributed by atoms with Gasteiger partial charge >= 0.3 is 6.03 Å². The van der Waals surface area contributed by atoms with Crippen LogP contribution in [0.5, 0.6) is 0 Å². The summed E-state index contributed by atoms with van der Waals surface area (Å²) in [6.45, 7) is 4.98. The van der Waals surface area contributed by atoms with Crippen LogP contribution in [0.3, 0.4) is 0 Å². The SMILES string of the molecule is CC[C@H](CNC(=O)N1CCC2(CC1)CN(C)C(=O)CO2)Cc1ccccc1. The second-order valence-electron chi connectivity index (χ2n) is 7.86. The summed E-state index contributed by atoms with van der Waals surface area (Å²) in [4.78, 5) is 27.8. The molecule has 3 amide bonds. The molecule has 2 aliphatic rings. The highest BCUT2D eigenvalue weighted by Gasteiger charge is 2.41. The molecular weight excluding hydrogens is 342 g/mol. The Hall–Kier alpha value is -2.08. The molecule has 0 aliphatic carbocycles. The van der Waals surface area contributed by atoms with E-state index in [2.05, 4.69) is 36.5 Å². The first-order valence-corrected chi connectivity index (χ1v) is 9.96. The molecule has 0 saturated carbocycles. The maximum atomic E-state index is 12.6. The quantitative estimate of drug-likeness (QED) is 0.861. The number of nitrogens with zero attached hydrogens (tertiary/aromatic N) is 2. The van der Waals surface area contributed by atoms with Crippen molar-refractivity contribution in [1.82, 2.24) is 15.1 Å². The molecule has 2 aliphatic heterocycles. The van der Waals surface area contributed by atoms with Gasteiger partial charge in [0.2, 0.25) is 5.91 Å². The Labute approximate surface area is 161 Å². The maximum Gasteiger partial charge on any atom is 0.317 e. The van der Waals surface area contributed by atoms with Crippen LogP contribution >= 0.6 is 0 Å². The fraction of sp³-hybridized carbons (Fsp3) is 0.619. The van der Waals surface area contributed by atoms with Gasteiger partial charge in [-0.2, -0.15) is 0 Å². The fourth-order valence-electron chi connectivity index (χ4n) is 3.96. The fourth-order valence-corrected chi connectivity index (χ4v) is 3.96. The Morgan fingerprint density at radius 1 is 1.26 bits per heavy atom. The van der Waals surface area contributed by atoms with Gasteiger partial charge in [0.05, 0.1) is 5.60 Å². The minimum Gasteiger partial charge on any atom is -0.363 e. The summed E-state index contributed by atoms with van der Waals surface area (Å²) in [6, 6.07) is 10.4. The van der Waals surface area contributed by atoms with Crippen molar-refractivity contribution in [3.8, 4) is 0 Å². The van der Waals surface area contributed by atoms with Crippen molar-refractivity contribution in [3.63, 3.8) is 0 Å². The molecule has 6 nitrogen and oxygen atoms in total. The molecule has 1 aromatic rings. The number of likely N-dealkylation sites (N-methyl/N-ethyl adjacent to an activating group) is 1. The number of hydrogen-bond donors (Lipinski definition) is 1. The highest BCUT2D eigenvalue weighted by Crippen LogP contribution is 2.30. The zero-order valence-electron chi connectivity index (χ0n) is 16.4. The van der Waals surface area contributed by atoms with Crippen LogP contribution in [0.1, 0.15) is 31.7 Å². The van der Waals surface area contributed by atoms with Crippen LogP contribution in [-0.4, -0.2) is 67.2 Å². The highest BCUT2D eigenvalue weighted by molar-refractivity contribution is 5.78. The highest BCUT2D eigenvalue weighted by atomic mass is 16.5. The van der Waals surface area contributed by atoms with Crippen LogP contribution in [0.25, 0.3) is 0 Å². The molecule has 0 bridgehead atoms. The number of rotatable bonds is 5. The molecule has 2 fully saturated rings. The summed E-state index contributed by atoms with van der Waals surface area (Å²) in [7, 11) is 1.82. The Balaban J connectivity index is 1.44. The Morgan fingerprint density at radius 3 is 2.59 bits per heavy atom. The lowest BCUT2D eigenvalue weighted by Gasteiger charge is -2.46. The number of urea groups is 1. The van der Waals surface area contributed by atoms with Crippen molar-refractivity contribution in [2.75, 3.05) is 39.8 Å². The first kappa shape index (κ1) is 19.7. The van der Waals surface area contributed by atoms with Crippen LogP contribution in [0.4, 0.5) is 4.79 Å². The Kier molecular flexibility index (Phi) is 6.37. The molecule has 0 aromatic heterocycles. The molecule has 6 heteroatoms. The lowest BCUT2D eigenvalue weighted by molar-refractivity contribution is -0.167. The summed E-state index contributed by atoms with van der Waals surface area (Å²) >= 11 is 0. The Bertz CT molecular complexity index is 641. The van der Waals surface area contributed by atoms with Gasteiger partial charge in [0.1, 0.15) is 6.61 Å². The lowest BCUT2D eigenvalue weighted by Crippen LogP contribution is -2.59. The van der Waals surface area contributed by atoms with Gasteiger partial charge in [0, 0.05) is 33.2 Å². The molecule has 3 rings (SSSR count). The summed E-state index contributed by atoms with van der Waals surface area (Å²) in [6.07, 6.45) is 3.57. The summed E-state index contributed by atoms with van der Waals surface area (Å²) in [5.41, 5.74) is 1.03. The third kappa shape index (κ3) is 5.01. The topological polar surface area (TPSA) is 61.9 Å². The maximum absolute atomic E-state index is 12.6. The second kappa shape index (κ2) is 8.74. The molecule has 0 radical (unpaired) electrons. The van der Waals surface area contributed by atoms with E-state index in [1.165, 1.54) is 5.56 Å². The van der Waals surface area contributed by atoms with E-state index in [0.717, 1.165) is 25.7 Å². The van der Waals surface area contributed by atoms with Crippen LogP contribution in [0, 0.1) is 5.92 Å². The number of carbonyl (C=O) groups excluding carboxylic acids is 2. The number of ether oxygens (including phenoxy) is 1. The average molecular weight is 373 g/mol. The molecule has 27 heavy (non-hydrogen) atoms. The lowest BCUT2D eigenvalue weighted by atomic mass is 9.89. The molecule has 1 spiro atoms. The van der Waals surface area contributed by atoms with Crippen molar-refractivity contribution in [2.24, 2.45) is 5.92 Å². The van der Waals surface area contributed by atoms with E-state index in [-0.39, 0.29) is 24.1 Å². The van der Waals surface area contributed by atoms with Crippen molar-refractivity contribution >= 4 is 11.9 Å². The summed E-state index contributed by atoms with van der Waals surface area (Å²) < 4.78 is 5.85. The van der Waals surface area contributed by atoms with Gasteiger partial charge in [-0.15, -0.1) is 0 Å². The van der Waals surface area contributed by atoms with Crippen molar-refractivity contribution < 1.29 is 14.3 Å². The van der Waals surface area contributed by atoms with Gasteiger partial charge in [-0.3, -0.25) is 4.79 Å². The van der Waals surface area contributed by atoms with Crippen molar-refractivity contribution in [2.45, 2.75) is 38.2 Å². The van der Waals surface area contributed by atoms with E-state index in [1.54, 1.807) is 4.90 Å². The Morgan fingerprint density at radius 2 is 1.96 bits per heavy atom. The number of piperidine rings is 1. The van der Waals surface area contributed by atoms with Crippen LogP contribution in [0.2, 0.25) is 0 Å². The first-order chi connectivity index (χ1) is 13.0. The molecule has 1 N–H and O–H groups in total. The number of likely N-dealkylation sites (tertiary alicyclic amines) is 1. The van der Waals surface area contributed by atoms with Gasteiger partial charge in [-0.05, 0) is 30.7 Å². The van der Waals surface area contributed by atoms with E-state index in [1.807, 2.05) is 18.0 Å². The standard InChI is InChI=1S/C21H31N3O3/c1-3-17(13-18-7-5-4-6-8-18)14-22-20(26)24-11-9-21(10-12-24)16-23(2)19(25)15-27-21/h4-8,17H,3,9-16H2,1-2H3,(H,22,26)/t17-/m0/s1. The number of hydrogen-bond acceptors (Lipinski definition) is 3. The molecule has 0 unspecified atom stereocenters. The monoisotopic (exact) mass is 373 g/mol. The largest absolute Gasteiger partial charge is 0.363 e. The first-order valence-electron chi connectivity index (χ1n) is 9.96. The van der Waals surface area contributed by atoms with Crippen LogP contribution in [0.15, 0.2) is 30.3 Å². The smallest absolute Gasteiger partial charge is 0.317 e. The van der Waals surface area contributed by atoms with E-state index < -0.39 is 0 Å². The number of nitrogens with one attached hydrogen (secondary N) is 1. The van der Waals surface area contributed by atoms with Gasteiger partial charge in [-0.1, -0.05) is 43.7 Å². The minimum atomic E-state index is -0.279. The van der Waals surface area contributed by atoms with E-state index in [0.29, 0.717) is 32.1 Å². The van der Waals surface area contributed by atoms with Crippen molar-refractivity contribution in [3.05, 3.63) is 35.9 Å². The zero-order chi connectivity index (χ0) is 19.3. The number of benzene rings is 1. The minimum absolute atomic E-state index is 0.0107. The summed E-state index contributed by atoms with van der Waals surface area (Å²) in [5, 5.41) is 3.11. The number of carbonyl (C=O) groups is 2. The van der Waals surface area contributed by atoms with E-state index >= 15 is 0 Å². The van der Waals surface area contributed by atoms with Gasteiger partial charge in [0.15, 0.2) is 0 Å². The average Bonchev–Trinajstić information content (AvgIpc) is 2.69. The molecule has 2 heterocycles. The predicted molar refractivity (Wildman–Crippen MR) is 104 cm³/mol. The van der Waals surface area contributed by atoms with Gasteiger partial charge in [0.25, 0.3) is 0 Å². The van der Waals surface area contributed by atoms with Gasteiger partial charge < -0.3 is 19.9 Å². The third-order valence-electron chi connectivity index (χ3n) is 5.90. The number of amides is 3. The molecule has 1 atom stereocenters.